The van der Waals surface area contributed by atoms with Crippen molar-refractivity contribution in [2.75, 3.05) is 53.6 Å². The molecule has 284 valence electrons. The lowest BCUT2D eigenvalue weighted by Gasteiger charge is -2.62. The van der Waals surface area contributed by atoms with Crippen molar-refractivity contribution in [2.24, 2.45) is 0 Å². The van der Waals surface area contributed by atoms with Gasteiger partial charge in [0.05, 0.1) is 44.2 Å². The summed E-state index contributed by atoms with van der Waals surface area (Å²) in [5.41, 5.74) is 5.35. The zero-order valence-electron chi connectivity index (χ0n) is 31.1. The minimum Gasteiger partial charge on any atom is -0.504 e. The fraction of sp³-hybridized carbons (Fsp3) is 0.500. The average Bonchev–Trinajstić information content (AvgIpc) is 3.65. The van der Waals surface area contributed by atoms with Gasteiger partial charge in [0.1, 0.15) is 18.4 Å². The van der Waals surface area contributed by atoms with Crippen LogP contribution in [-0.2, 0) is 27.9 Å². The van der Waals surface area contributed by atoms with Gasteiger partial charge in [0, 0.05) is 46.6 Å². The fourth-order valence-electron chi connectivity index (χ4n) is 10.2. The summed E-state index contributed by atoms with van der Waals surface area (Å²) in [4.78, 5) is 19.2. The van der Waals surface area contributed by atoms with Crippen molar-refractivity contribution >= 4 is 17.7 Å². The van der Waals surface area contributed by atoms with Gasteiger partial charge in [0.25, 0.3) is 0 Å². The number of fused-ring (bicyclic) bond motifs is 9. The number of hydrogen-bond acceptors (Lipinski definition) is 14. The van der Waals surface area contributed by atoms with E-state index in [1.54, 1.807) is 31.0 Å². The van der Waals surface area contributed by atoms with Gasteiger partial charge in [-0.3, -0.25) is 15.1 Å². The van der Waals surface area contributed by atoms with Crippen LogP contribution in [-0.4, -0.2) is 97.7 Å². The van der Waals surface area contributed by atoms with Crippen LogP contribution in [0.3, 0.4) is 0 Å². The molecule has 1 spiro atoms. The molecule has 0 saturated carbocycles. The Balaban J connectivity index is 1.33. The van der Waals surface area contributed by atoms with Crippen molar-refractivity contribution in [3.05, 3.63) is 62.7 Å². The molecule has 3 aromatic carbocycles. The number of phenols is 2. The number of nitrogens with one attached hydrogen (secondary N) is 1. The van der Waals surface area contributed by atoms with E-state index >= 15 is 0 Å². The Morgan fingerprint density at radius 3 is 2.59 bits per heavy atom. The van der Waals surface area contributed by atoms with Gasteiger partial charge in [-0.2, -0.15) is 5.26 Å². The van der Waals surface area contributed by atoms with E-state index in [0.717, 1.165) is 38.9 Å². The van der Waals surface area contributed by atoms with Crippen molar-refractivity contribution < 1.29 is 43.4 Å². The lowest BCUT2D eigenvalue weighted by atomic mass is 9.71. The molecule has 2 saturated heterocycles. The molecule has 7 atom stereocenters. The number of nitriles is 1. The Kier molecular flexibility index (Phi) is 8.31. The number of piperazine rings is 1. The fourth-order valence-corrected chi connectivity index (χ4v) is 11.9. The van der Waals surface area contributed by atoms with E-state index in [-0.39, 0.29) is 48.5 Å². The van der Waals surface area contributed by atoms with E-state index in [2.05, 4.69) is 27.3 Å². The molecule has 2 fully saturated rings. The summed E-state index contributed by atoms with van der Waals surface area (Å²) < 4.78 is 36.7. The highest BCUT2D eigenvalue weighted by Gasteiger charge is 2.61. The molecule has 4 bridgehead atoms. The molecule has 3 aromatic rings. The van der Waals surface area contributed by atoms with Crippen LogP contribution in [0.1, 0.15) is 68.8 Å². The Morgan fingerprint density at radius 1 is 1.06 bits per heavy atom. The molecular weight excluding hydrogens is 713 g/mol. The van der Waals surface area contributed by atoms with Crippen molar-refractivity contribution in [1.82, 2.24) is 15.1 Å². The maximum Gasteiger partial charge on any atom is 0.331 e. The molecule has 7 heterocycles. The summed E-state index contributed by atoms with van der Waals surface area (Å²) in [5, 5.41) is 37.1. The molecular formula is C40H44N4O9S. The summed E-state index contributed by atoms with van der Waals surface area (Å²) in [5.74, 6) is 2.43. The number of benzene rings is 3. The summed E-state index contributed by atoms with van der Waals surface area (Å²) in [6.07, 6.45) is 1.14. The molecule has 0 radical (unpaired) electrons. The van der Waals surface area contributed by atoms with E-state index in [4.69, 9.17) is 28.4 Å². The van der Waals surface area contributed by atoms with Crippen LogP contribution in [0.5, 0.6) is 40.2 Å². The summed E-state index contributed by atoms with van der Waals surface area (Å²) in [7, 11) is 5.10. The quantitative estimate of drug-likeness (QED) is 0.321. The third-order valence-electron chi connectivity index (χ3n) is 12.5. The molecule has 10 rings (SSSR count). The molecule has 0 amide bonds. The number of nitrogens with zero attached hydrogens (tertiary/aromatic N) is 3. The van der Waals surface area contributed by atoms with Gasteiger partial charge < -0.3 is 38.6 Å². The number of thioether (sulfide) groups is 1. The first kappa shape index (κ1) is 35.2. The maximum atomic E-state index is 14.8. The number of aryl methyl sites for hydroxylation is 1. The van der Waals surface area contributed by atoms with Gasteiger partial charge >= 0.3 is 5.97 Å². The van der Waals surface area contributed by atoms with E-state index in [1.807, 2.05) is 27.8 Å². The van der Waals surface area contributed by atoms with E-state index in [0.29, 0.717) is 54.6 Å². The van der Waals surface area contributed by atoms with Crippen LogP contribution >= 0.6 is 11.8 Å². The van der Waals surface area contributed by atoms with Gasteiger partial charge in [-0.15, -0.1) is 11.8 Å². The molecule has 54 heavy (non-hydrogen) atoms. The molecule has 0 aromatic heterocycles. The predicted molar refractivity (Wildman–Crippen MR) is 198 cm³/mol. The second-order valence-corrected chi connectivity index (χ2v) is 16.1. The standard InChI is InChI=1S/C40H44N4O9S/c1-7-50-35-19(3)36-37(53-17-52-36)29-25-15-51-39(47)40(22-13-27(48-5)26(45)12-20(22)8-9-42-40)16-54-38(30(29)35)32-31-28-21(10-18(2)34(49-6)33(28)46)11-23(43(31)4)24(14-41)44(25)32/h10,12-13,23-25,31-32,38,42,45-46H,7-9,11,15-17H2,1-6H3/t23-,24+,25-,31+,32?,38-,40-/m1/s1. The number of phenolic OH excluding ortho intramolecular Hbond substituents is 2. The highest BCUT2D eigenvalue weighted by Crippen LogP contribution is 2.64. The largest absolute Gasteiger partial charge is 0.504 e. The number of ether oxygens (including phenoxy) is 6. The van der Waals surface area contributed by atoms with Gasteiger partial charge in [-0.25, -0.2) is 4.79 Å². The normalized spacial score (nSPS) is 29.3. The molecule has 1 unspecified atom stereocenters. The maximum absolute atomic E-state index is 14.8. The Hall–Kier alpha value is -4.55. The Bertz CT molecular complexity index is 2140. The summed E-state index contributed by atoms with van der Waals surface area (Å²) >= 11 is 1.59. The highest BCUT2D eigenvalue weighted by molar-refractivity contribution is 7.99. The number of carbonyl (C=O) groups is 1. The van der Waals surface area contributed by atoms with Crippen molar-refractivity contribution in [2.45, 2.75) is 74.6 Å². The number of methoxy groups -OCH3 is 2. The van der Waals surface area contributed by atoms with Crippen molar-refractivity contribution in [3.8, 4) is 46.3 Å². The van der Waals surface area contributed by atoms with Gasteiger partial charge in [0.2, 0.25) is 6.79 Å². The van der Waals surface area contributed by atoms with Crippen LogP contribution in [0.25, 0.3) is 0 Å². The number of rotatable bonds is 4. The van der Waals surface area contributed by atoms with Crippen LogP contribution < -0.4 is 29.0 Å². The zero-order valence-corrected chi connectivity index (χ0v) is 32.0. The minimum atomic E-state index is -1.29. The smallest absolute Gasteiger partial charge is 0.331 e. The first-order valence-electron chi connectivity index (χ1n) is 18.4. The van der Waals surface area contributed by atoms with Crippen LogP contribution in [0.15, 0.2) is 18.2 Å². The summed E-state index contributed by atoms with van der Waals surface area (Å²) in [6, 6.07) is 5.91. The lowest BCUT2D eigenvalue weighted by molar-refractivity contribution is -0.157. The Morgan fingerprint density at radius 2 is 1.85 bits per heavy atom. The molecule has 7 aliphatic heterocycles. The van der Waals surface area contributed by atoms with Crippen molar-refractivity contribution in [1.29, 1.82) is 5.26 Å². The van der Waals surface area contributed by atoms with Crippen molar-refractivity contribution in [3.63, 3.8) is 0 Å². The van der Waals surface area contributed by atoms with Crippen LogP contribution in [0.4, 0.5) is 0 Å². The number of likely N-dealkylation sites (N-methyl/N-ethyl adjacent to an activating group) is 1. The predicted octanol–water partition coefficient (Wildman–Crippen LogP) is 4.46. The minimum absolute atomic E-state index is 0.00879. The number of esters is 1. The number of carbonyl (C=O) groups excluding carboxylic acids is 1. The zero-order chi connectivity index (χ0) is 37.8. The average molecular weight is 757 g/mol. The third-order valence-corrected chi connectivity index (χ3v) is 14.0. The third kappa shape index (κ3) is 4.65. The molecule has 7 aliphatic rings. The molecule has 14 heteroatoms. The van der Waals surface area contributed by atoms with Gasteiger partial charge in [-0.05, 0) is 75.0 Å². The van der Waals surface area contributed by atoms with Gasteiger partial charge in [-0.1, -0.05) is 6.07 Å². The first-order chi connectivity index (χ1) is 26.1. The van der Waals surface area contributed by atoms with Crippen LogP contribution in [0.2, 0.25) is 0 Å². The second-order valence-electron chi connectivity index (χ2n) is 14.9. The van der Waals surface area contributed by atoms with E-state index in [1.165, 1.54) is 7.11 Å². The molecule has 13 nitrogen and oxygen atoms in total. The van der Waals surface area contributed by atoms with E-state index in [9.17, 15) is 20.3 Å². The Labute approximate surface area is 318 Å². The number of hydrogen-bond donors (Lipinski definition) is 3. The lowest BCUT2D eigenvalue weighted by Crippen LogP contribution is -2.69. The van der Waals surface area contributed by atoms with Crippen LogP contribution in [0, 0.1) is 25.2 Å². The summed E-state index contributed by atoms with van der Waals surface area (Å²) in [6.45, 7) is 6.67. The topological polar surface area (TPSA) is 155 Å². The van der Waals surface area contributed by atoms with E-state index < -0.39 is 34.9 Å². The monoisotopic (exact) mass is 756 g/mol. The first-order valence-corrected chi connectivity index (χ1v) is 19.5. The SMILES string of the molecule is CCOc1c(C)c2c(c3c1[C@H]1SC[C@]4(NCCc5cc(O)c(OC)cc54)C(=O)OC[C@H]3N3C1[C@@H]1c4c(cc(C)c(OC)c4O)C[C@H]([C@@H]3C#N)N1C)OCO2. The molecule has 3 N–H and O–H groups in total. The number of aromatic hydroxyl groups is 2. The second kappa shape index (κ2) is 12.8. The highest BCUT2D eigenvalue weighted by atomic mass is 32.2. The molecule has 0 aliphatic carbocycles. The van der Waals surface area contributed by atoms with Gasteiger partial charge in [0.15, 0.2) is 40.0 Å².